The van der Waals surface area contributed by atoms with Crippen molar-refractivity contribution in [2.75, 3.05) is 0 Å². The van der Waals surface area contributed by atoms with E-state index in [2.05, 4.69) is 72.6 Å². The van der Waals surface area contributed by atoms with Crippen molar-refractivity contribution in [3.8, 4) is 22.5 Å². The number of amides is 2. The van der Waals surface area contributed by atoms with Crippen LogP contribution in [0.5, 0.6) is 0 Å². The topological polar surface area (TPSA) is 124 Å². The number of aliphatic hydroxyl groups excluding tert-OH is 1. The molecule has 2 aromatic carbocycles. The van der Waals surface area contributed by atoms with Crippen LogP contribution >= 0.6 is 11.3 Å². The van der Waals surface area contributed by atoms with E-state index in [-0.39, 0.29) is 17.7 Å². The number of carbonyl (C=O) groups is 2. The second-order valence-electron chi connectivity index (χ2n) is 14.5. The molecule has 49 heavy (non-hydrogen) atoms. The van der Waals surface area contributed by atoms with E-state index in [0.717, 1.165) is 33.0 Å². The van der Waals surface area contributed by atoms with Gasteiger partial charge in [-0.2, -0.15) is 0 Å². The molecule has 5 rings (SSSR count). The molecule has 0 bridgehead atoms. The van der Waals surface area contributed by atoms with Crippen molar-refractivity contribution in [2.24, 2.45) is 5.92 Å². The third kappa shape index (κ3) is 9.62. The summed E-state index contributed by atoms with van der Waals surface area (Å²) in [5, 5.41) is 24.5. The predicted octanol–water partition coefficient (Wildman–Crippen LogP) is 7.40. The summed E-state index contributed by atoms with van der Waals surface area (Å²) in [6, 6.07) is 18.3. The first kappa shape index (κ1) is 36.4. The number of aliphatic hydroxyl groups is 2. The first-order chi connectivity index (χ1) is 23.4. The fourth-order valence-corrected chi connectivity index (χ4v) is 7.46. The SMILES string of the molecule is CCC[C@H]1CC[C@H](c2ccc(-c3cnc(-c4ccc(C[C@H](NC(=O)c5ccc(C(C)(C)C)s5)C(=O)N[C@H](C)C(O)O)cc4)nc3)cc2)CC1. The van der Waals surface area contributed by atoms with Crippen molar-refractivity contribution in [3.05, 3.63) is 93.9 Å². The minimum atomic E-state index is -1.72. The van der Waals surface area contributed by atoms with Crippen LogP contribution in [0.4, 0.5) is 0 Å². The van der Waals surface area contributed by atoms with Crippen molar-refractivity contribution in [2.45, 2.75) is 109 Å². The predicted molar refractivity (Wildman–Crippen MR) is 196 cm³/mol. The lowest BCUT2D eigenvalue weighted by Crippen LogP contribution is -2.52. The van der Waals surface area contributed by atoms with Crippen molar-refractivity contribution in [1.82, 2.24) is 20.6 Å². The number of hydrogen-bond donors (Lipinski definition) is 4. The zero-order chi connectivity index (χ0) is 35.1. The average Bonchev–Trinajstić information content (AvgIpc) is 3.61. The molecule has 1 aliphatic rings. The Morgan fingerprint density at radius 1 is 0.857 bits per heavy atom. The molecule has 2 amide bonds. The van der Waals surface area contributed by atoms with E-state index in [4.69, 9.17) is 0 Å². The van der Waals surface area contributed by atoms with Gasteiger partial charge in [0.1, 0.15) is 6.04 Å². The number of rotatable bonds is 12. The van der Waals surface area contributed by atoms with Crippen LogP contribution in [-0.2, 0) is 16.6 Å². The van der Waals surface area contributed by atoms with Gasteiger partial charge in [0.2, 0.25) is 5.91 Å². The van der Waals surface area contributed by atoms with Crippen molar-refractivity contribution < 1.29 is 19.8 Å². The van der Waals surface area contributed by atoms with E-state index in [9.17, 15) is 19.8 Å². The highest BCUT2D eigenvalue weighted by Crippen LogP contribution is 2.38. The monoisotopic (exact) mass is 682 g/mol. The van der Waals surface area contributed by atoms with Crippen LogP contribution in [0, 0.1) is 5.92 Å². The Balaban J connectivity index is 1.23. The highest BCUT2D eigenvalue weighted by molar-refractivity contribution is 7.14. The van der Waals surface area contributed by atoms with E-state index in [1.54, 1.807) is 6.07 Å². The van der Waals surface area contributed by atoms with Crippen LogP contribution in [0.2, 0.25) is 0 Å². The number of thiophene rings is 1. The molecule has 2 aromatic heterocycles. The molecule has 1 aliphatic carbocycles. The lowest BCUT2D eigenvalue weighted by atomic mass is 9.77. The molecule has 8 nitrogen and oxygen atoms in total. The Bertz CT molecular complexity index is 1670. The maximum Gasteiger partial charge on any atom is 0.262 e. The zero-order valence-electron chi connectivity index (χ0n) is 29.3. The molecular formula is C40H50N4O4S. The number of nitrogens with one attached hydrogen (secondary N) is 2. The quantitative estimate of drug-likeness (QED) is 0.116. The molecule has 0 saturated heterocycles. The summed E-state index contributed by atoms with van der Waals surface area (Å²) in [5.74, 6) is 1.30. The lowest BCUT2D eigenvalue weighted by molar-refractivity contribution is -0.128. The fraction of sp³-hybridized carbons (Fsp3) is 0.450. The molecule has 0 radical (unpaired) electrons. The largest absolute Gasteiger partial charge is 0.366 e. The summed E-state index contributed by atoms with van der Waals surface area (Å²) in [4.78, 5) is 37.3. The summed E-state index contributed by atoms with van der Waals surface area (Å²) < 4.78 is 0. The standard InChI is InChI=1S/C40H50N4O4S/c1-6-7-26-8-12-28(13-9-26)29-16-18-30(19-17-29)32-23-41-36(42-24-32)31-14-10-27(11-15-31)22-33(37(45)43-25(2)39(47)48)44-38(46)34-20-21-35(49-34)40(3,4)5/h10-11,14-21,23-26,28,33,39,47-48H,6-9,12-13,22H2,1-5H3,(H,43,45)(H,44,46)/t25-,26-,28-,33+/m1/s1. The minimum Gasteiger partial charge on any atom is -0.366 e. The highest BCUT2D eigenvalue weighted by Gasteiger charge is 2.27. The van der Waals surface area contributed by atoms with Gasteiger partial charge in [-0.1, -0.05) is 89.1 Å². The van der Waals surface area contributed by atoms with Gasteiger partial charge in [0.15, 0.2) is 12.1 Å². The summed E-state index contributed by atoms with van der Waals surface area (Å²) >= 11 is 1.40. The lowest BCUT2D eigenvalue weighted by Gasteiger charge is -2.28. The summed E-state index contributed by atoms with van der Waals surface area (Å²) in [5.41, 5.74) is 5.04. The van der Waals surface area contributed by atoms with Gasteiger partial charge in [0.25, 0.3) is 5.91 Å². The molecule has 4 aromatic rings. The third-order valence-corrected chi connectivity index (χ3v) is 11.1. The Labute approximate surface area is 294 Å². The van der Waals surface area contributed by atoms with E-state index < -0.39 is 24.3 Å². The van der Waals surface area contributed by atoms with E-state index in [0.29, 0.717) is 16.6 Å². The van der Waals surface area contributed by atoms with E-state index >= 15 is 0 Å². The van der Waals surface area contributed by atoms with Crippen LogP contribution in [0.3, 0.4) is 0 Å². The number of nitrogens with zero attached hydrogens (tertiary/aromatic N) is 2. The summed E-state index contributed by atoms with van der Waals surface area (Å²) in [7, 11) is 0. The molecule has 1 saturated carbocycles. The highest BCUT2D eigenvalue weighted by atomic mass is 32.1. The molecular weight excluding hydrogens is 633 g/mol. The van der Waals surface area contributed by atoms with Gasteiger partial charge in [-0.25, -0.2) is 9.97 Å². The Hall–Kier alpha value is -3.92. The van der Waals surface area contributed by atoms with Gasteiger partial charge < -0.3 is 20.8 Å². The van der Waals surface area contributed by atoms with Gasteiger partial charge in [0.05, 0.1) is 10.9 Å². The van der Waals surface area contributed by atoms with Crippen molar-refractivity contribution in [3.63, 3.8) is 0 Å². The molecule has 9 heteroatoms. The van der Waals surface area contributed by atoms with Gasteiger partial charge in [-0.3, -0.25) is 9.59 Å². The second-order valence-corrected chi connectivity index (χ2v) is 15.6. The molecule has 0 unspecified atom stereocenters. The van der Waals surface area contributed by atoms with Gasteiger partial charge in [-0.15, -0.1) is 11.3 Å². The van der Waals surface area contributed by atoms with Gasteiger partial charge in [0, 0.05) is 34.8 Å². The van der Waals surface area contributed by atoms with Crippen LogP contribution < -0.4 is 10.6 Å². The smallest absolute Gasteiger partial charge is 0.262 e. The maximum absolute atomic E-state index is 13.2. The average molecular weight is 683 g/mol. The van der Waals surface area contributed by atoms with Crippen LogP contribution in [0.25, 0.3) is 22.5 Å². The second kappa shape index (κ2) is 16.2. The number of carbonyl (C=O) groups excluding carboxylic acids is 2. The van der Waals surface area contributed by atoms with Crippen LogP contribution in [0.1, 0.15) is 105 Å². The Morgan fingerprint density at radius 3 is 2.06 bits per heavy atom. The summed E-state index contributed by atoms with van der Waals surface area (Å²) in [6.45, 7) is 10.0. The minimum absolute atomic E-state index is 0.101. The Morgan fingerprint density at radius 2 is 1.49 bits per heavy atom. The van der Waals surface area contributed by atoms with Gasteiger partial charge >= 0.3 is 0 Å². The number of aromatic nitrogens is 2. The molecule has 2 atom stereocenters. The molecule has 1 fully saturated rings. The van der Waals surface area contributed by atoms with E-state index in [1.807, 2.05) is 42.7 Å². The van der Waals surface area contributed by atoms with Crippen molar-refractivity contribution >= 4 is 23.2 Å². The van der Waals surface area contributed by atoms with Crippen LogP contribution in [-0.4, -0.2) is 50.4 Å². The Kier molecular flexibility index (Phi) is 12.0. The third-order valence-electron chi connectivity index (χ3n) is 9.57. The first-order valence-corrected chi connectivity index (χ1v) is 18.3. The number of hydrogen-bond acceptors (Lipinski definition) is 7. The fourth-order valence-electron chi connectivity index (χ4n) is 6.49. The maximum atomic E-state index is 13.2. The molecule has 260 valence electrons. The zero-order valence-corrected chi connectivity index (χ0v) is 30.1. The first-order valence-electron chi connectivity index (χ1n) is 17.5. The molecule has 2 heterocycles. The molecule has 0 aliphatic heterocycles. The van der Waals surface area contributed by atoms with Crippen LogP contribution in [0.15, 0.2) is 73.1 Å². The van der Waals surface area contributed by atoms with Gasteiger partial charge in [-0.05, 0) is 78.7 Å². The summed E-state index contributed by atoms with van der Waals surface area (Å²) in [6.07, 6.45) is 10.1. The van der Waals surface area contributed by atoms with E-state index in [1.165, 1.54) is 62.3 Å². The molecule has 0 spiro atoms. The molecule has 4 N–H and O–H groups in total. The normalized spacial score (nSPS) is 17.8. The number of benzene rings is 2. The van der Waals surface area contributed by atoms with Crippen molar-refractivity contribution in [1.29, 1.82) is 0 Å².